The second kappa shape index (κ2) is 8.61. The van der Waals surface area contributed by atoms with Crippen molar-refractivity contribution in [1.29, 1.82) is 0 Å². The zero-order chi connectivity index (χ0) is 21.0. The van der Waals surface area contributed by atoms with Gasteiger partial charge in [0, 0.05) is 38.8 Å². The molecule has 1 aliphatic rings. The van der Waals surface area contributed by atoms with E-state index in [1.54, 1.807) is 17.0 Å². The smallest absolute Gasteiger partial charge is 0.410 e. The Morgan fingerprint density at radius 2 is 1.76 bits per heavy atom. The lowest BCUT2D eigenvalue weighted by molar-refractivity contribution is -0.384. The number of ether oxygens (including phenoxy) is 1. The Bertz CT molecular complexity index is 884. The number of rotatable bonds is 4. The molecule has 29 heavy (non-hydrogen) atoms. The van der Waals surface area contributed by atoms with Gasteiger partial charge < -0.3 is 9.64 Å². The van der Waals surface area contributed by atoms with Gasteiger partial charge in [0.2, 0.25) is 0 Å². The van der Waals surface area contributed by atoms with Crippen molar-refractivity contribution in [2.75, 3.05) is 26.2 Å². The summed E-state index contributed by atoms with van der Waals surface area (Å²) in [4.78, 5) is 27.2. The lowest BCUT2D eigenvalue weighted by Crippen LogP contribution is -2.49. The second-order valence-electron chi connectivity index (χ2n) is 8.22. The number of benzene rings is 2. The van der Waals surface area contributed by atoms with E-state index in [0.29, 0.717) is 18.7 Å². The molecular weight excluding hydrogens is 370 g/mol. The fourth-order valence-electron chi connectivity index (χ4n) is 3.39. The number of para-hydroxylation sites is 1. The van der Waals surface area contributed by atoms with Crippen molar-refractivity contribution in [3.05, 3.63) is 64.2 Å². The van der Waals surface area contributed by atoms with Gasteiger partial charge >= 0.3 is 6.09 Å². The third-order valence-corrected chi connectivity index (χ3v) is 4.77. The third-order valence-electron chi connectivity index (χ3n) is 4.77. The van der Waals surface area contributed by atoms with Crippen LogP contribution < -0.4 is 0 Å². The molecule has 0 aliphatic carbocycles. The molecule has 3 rings (SSSR count). The Hall–Kier alpha value is -2.93. The molecule has 2 aromatic rings. The van der Waals surface area contributed by atoms with E-state index in [4.69, 9.17) is 4.74 Å². The molecule has 1 amide bonds. The second-order valence-corrected chi connectivity index (χ2v) is 8.22. The van der Waals surface area contributed by atoms with Crippen LogP contribution in [0.4, 0.5) is 10.5 Å². The van der Waals surface area contributed by atoms with Crippen LogP contribution in [0.3, 0.4) is 0 Å². The molecule has 7 heteroatoms. The lowest BCUT2D eigenvalue weighted by Gasteiger charge is -2.35. The predicted molar refractivity (Wildman–Crippen MR) is 112 cm³/mol. The van der Waals surface area contributed by atoms with Crippen molar-refractivity contribution in [2.45, 2.75) is 32.9 Å². The van der Waals surface area contributed by atoms with Gasteiger partial charge in [-0.1, -0.05) is 30.3 Å². The largest absolute Gasteiger partial charge is 0.444 e. The van der Waals surface area contributed by atoms with Crippen molar-refractivity contribution < 1.29 is 14.5 Å². The van der Waals surface area contributed by atoms with E-state index in [1.165, 1.54) is 6.07 Å². The summed E-state index contributed by atoms with van der Waals surface area (Å²) in [6.45, 7) is 9.10. The molecule has 0 bridgehead atoms. The average molecular weight is 397 g/mol. The van der Waals surface area contributed by atoms with Crippen LogP contribution in [0.2, 0.25) is 0 Å². The van der Waals surface area contributed by atoms with E-state index in [2.05, 4.69) is 4.90 Å². The van der Waals surface area contributed by atoms with E-state index in [-0.39, 0.29) is 16.7 Å². The monoisotopic (exact) mass is 397 g/mol. The van der Waals surface area contributed by atoms with Crippen LogP contribution in [-0.2, 0) is 11.3 Å². The highest BCUT2D eigenvalue weighted by Gasteiger charge is 2.26. The van der Waals surface area contributed by atoms with E-state index in [1.807, 2.05) is 51.1 Å². The Morgan fingerprint density at radius 3 is 2.41 bits per heavy atom. The van der Waals surface area contributed by atoms with Crippen molar-refractivity contribution >= 4 is 11.8 Å². The van der Waals surface area contributed by atoms with Crippen LogP contribution in [-0.4, -0.2) is 52.6 Å². The molecule has 0 radical (unpaired) electrons. The topological polar surface area (TPSA) is 75.9 Å². The number of hydrogen-bond donors (Lipinski definition) is 0. The first-order valence-electron chi connectivity index (χ1n) is 9.76. The zero-order valence-corrected chi connectivity index (χ0v) is 17.1. The molecule has 154 valence electrons. The molecule has 1 fully saturated rings. The number of piperazine rings is 1. The van der Waals surface area contributed by atoms with Crippen LogP contribution in [0.25, 0.3) is 11.1 Å². The molecule has 0 saturated carbocycles. The van der Waals surface area contributed by atoms with Gasteiger partial charge in [-0.05, 0) is 44.0 Å². The van der Waals surface area contributed by atoms with E-state index in [9.17, 15) is 14.9 Å². The SMILES string of the molecule is CC(C)(C)OC(=O)N1CCN(Cc2cccc(-c3ccccc3[N+](=O)[O-])c2)CC1. The maximum atomic E-state index is 12.2. The van der Waals surface area contributed by atoms with Crippen LogP contribution in [0.1, 0.15) is 26.3 Å². The summed E-state index contributed by atoms with van der Waals surface area (Å²) in [6.07, 6.45) is -0.268. The fourth-order valence-corrected chi connectivity index (χ4v) is 3.39. The number of nitrogens with zero attached hydrogens (tertiary/aromatic N) is 3. The summed E-state index contributed by atoms with van der Waals surface area (Å²) >= 11 is 0. The van der Waals surface area contributed by atoms with Gasteiger partial charge in [0.05, 0.1) is 10.5 Å². The first-order valence-corrected chi connectivity index (χ1v) is 9.76. The van der Waals surface area contributed by atoms with Crippen molar-refractivity contribution in [3.63, 3.8) is 0 Å². The van der Waals surface area contributed by atoms with Gasteiger partial charge in [0.1, 0.15) is 5.60 Å². The van der Waals surface area contributed by atoms with Gasteiger partial charge in [0.25, 0.3) is 5.69 Å². The molecule has 7 nitrogen and oxygen atoms in total. The Morgan fingerprint density at radius 1 is 1.07 bits per heavy atom. The third kappa shape index (κ3) is 5.54. The lowest BCUT2D eigenvalue weighted by atomic mass is 10.0. The molecule has 0 unspecified atom stereocenters. The standard InChI is InChI=1S/C22H27N3O4/c1-22(2,3)29-21(26)24-13-11-23(12-14-24)16-17-7-6-8-18(15-17)19-9-4-5-10-20(19)25(27)28/h4-10,15H,11-14,16H2,1-3H3. The Labute approximate surface area is 171 Å². The van der Waals surface area contributed by atoms with Crippen molar-refractivity contribution in [1.82, 2.24) is 9.80 Å². The molecule has 0 spiro atoms. The Kier molecular flexibility index (Phi) is 6.17. The molecule has 0 aromatic heterocycles. The highest BCUT2D eigenvalue weighted by atomic mass is 16.6. The van der Waals surface area contributed by atoms with Gasteiger partial charge in [-0.2, -0.15) is 0 Å². The summed E-state index contributed by atoms with van der Waals surface area (Å²) in [5.41, 5.74) is 2.16. The molecule has 2 aromatic carbocycles. The highest BCUT2D eigenvalue weighted by Crippen LogP contribution is 2.30. The molecule has 1 heterocycles. The van der Waals surface area contributed by atoms with Crippen LogP contribution >= 0.6 is 0 Å². The number of carbonyl (C=O) groups excluding carboxylic acids is 1. The van der Waals surface area contributed by atoms with Crippen molar-refractivity contribution in [2.24, 2.45) is 0 Å². The van der Waals surface area contributed by atoms with Crippen molar-refractivity contribution in [3.8, 4) is 11.1 Å². The average Bonchev–Trinajstić information content (AvgIpc) is 2.67. The van der Waals surface area contributed by atoms with Gasteiger partial charge in [-0.15, -0.1) is 0 Å². The number of hydrogen-bond acceptors (Lipinski definition) is 5. The number of carbonyl (C=O) groups is 1. The molecule has 0 atom stereocenters. The summed E-state index contributed by atoms with van der Waals surface area (Å²) in [5, 5.41) is 11.3. The minimum Gasteiger partial charge on any atom is -0.444 e. The summed E-state index contributed by atoms with van der Waals surface area (Å²) in [7, 11) is 0. The normalized spacial score (nSPS) is 15.2. The minimum atomic E-state index is -0.491. The van der Waals surface area contributed by atoms with Crippen LogP contribution in [0, 0.1) is 10.1 Å². The van der Waals surface area contributed by atoms with E-state index >= 15 is 0 Å². The quantitative estimate of drug-likeness (QED) is 0.567. The first-order chi connectivity index (χ1) is 13.7. The Balaban J connectivity index is 1.64. The number of nitro benzene ring substituents is 1. The predicted octanol–water partition coefficient (Wildman–Crippen LogP) is 4.31. The molecule has 1 aliphatic heterocycles. The van der Waals surface area contributed by atoms with Gasteiger partial charge in [-0.25, -0.2) is 4.79 Å². The first kappa shape index (κ1) is 20.8. The van der Waals surface area contributed by atoms with Gasteiger partial charge in [0.15, 0.2) is 0 Å². The van der Waals surface area contributed by atoms with Gasteiger partial charge in [-0.3, -0.25) is 15.0 Å². The maximum Gasteiger partial charge on any atom is 0.410 e. The van der Waals surface area contributed by atoms with Crippen LogP contribution in [0.15, 0.2) is 48.5 Å². The van der Waals surface area contributed by atoms with E-state index in [0.717, 1.165) is 30.8 Å². The fraction of sp³-hybridized carbons (Fsp3) is 0.409. The molecular formula is C22H27N3O4. The summed E-state index contributed by atoms with van der Waals surface area (Å²) in [5.74, 6) is 0. The summed E-state index contributed by atoms with van der Waals surface area (Å²) < 4.78 is 5.44. The summed E-state index contributed by atoms with van der Waals surface area (Å²) in [6, 6.07) is 14.6. The molecule has 1 saturated heterocycles. The van der Waals surface area contributed by atoms with E-state index < -0.39 is 5.60 Å². The zero-order valence-electron chi connectivity index (χ0n) is 17.1. The maximum absolute atomic E-state index is 12.2. The molecule has 0 N–H and O–H groups in total. The minimum absolute atomic E-state index is 0.107. The number of nitro groups is 1. The highest BCUT2D eigenvalue weighted by molar-refractivity contribution is 5.73. The van der Waals surface area contributed by atoms with Crippen LogP contribution in [0.5, 0.6) is 0 Å². The number of amides is 1.